The number of nitrogens with zero attached hydrogens (tertiary/aromatic N) is 1. The molecule has 0 aliphatic rings. The Morgan fingerprint density at radius 2 is 2.14 bits per heavy atom. The van der Waals surface area contributed by atoms with Crippen LogP contribution in [0.4, 0.5) is 5.69 Å². The molecule has 1 unspecified atom stereocenters. The number of nitrogens with one attached hydrogen (secondary N) is 1. The van der Waals surface area contributed by atoms with Crippen LogP contribution in [0.5, 0.6) is 5.75 Å². The fourth-order valence-electron chi connectivity index (χ4n) is 1.77. The summed E-state index contributed by atoms with van der Waals surface area (Å²) in [5, 5.41) is 13.9. The maximum absolute atomic E-state index is 12.4. The molecule has 0 aliphatic carbocycles. The van der Waals surface area contributed by atoms with Gasteiger partial charge < -0.3 is 10.1 Å². The monoisotopic (exact) mass is 406 g/mol. The molecule has 6 nitrogen and oxygen atoms in total. The van der Waals surface area contributed by atoms with Gasteiger partial charge in [0.05, 0.1) is 17.1 Å². The van der Waals surface area contributed by atoms with Gasteiger partial charge in [0, 0.05) is 16.5 Å². The zero-order chi connectivity index (χ0) is 16.0. The number of amides is 1. The van der Waals surface area contributed by atoms with Crippen LogP contribution in [0.3, 0.4) is 0 Å². The molecule has 7 heteroatoms. The summed E-state index contributed by atoms with van der Waals surface area (Å²) in [4.78, 5) is 22.9. The Kier molecular flexibility index (Phi) is 6.86. The first-order valence-corrected chi connectivity index (χ1v) is 8.21. The van der Waals surface area contributed by atoms with Gasteiger partial charge in [-0.05, 0) is 18.9 Å². The number of alkyl halides is 1. The second kappa shape index (κ2) is 8.16. The van der Waals surface area contributed by atoms with Gasteiger partial charge in [0.1, 0.15) is 0 Å². The minimum atomic E-state index is -0.542. The predicted octanol–water partition coefficient (Wildman–Crippen LogP) is 3.18. The van der Waals surface area contributed by atoms with Crippen molar-refractivity contribution in [3.63, 3.8) is 0 Å². The molecule has 1 aromatic rings. The fraction of sp³-hybridized carbons (Fsp3) is 0.500. The lowest BCUT2D eigenvalue weighted by atomic mass is 10.1. The highest BCUT2D eigenvalue weighted by Gasteiger charge is 2.24. The maximum Gasteiger partial charge on any atom is 0.311 e. The molecular weight excluding hydrogens is 387 g/mol. The van der Waals surface area contributed by atoms with Crippen LogP contribution in [0.25, 0.3) is 0 Å². The summed E-state index contributed by atoms with van der Waals surface area (Å²) in [5.74, 6) is -0.0453. The smallest absolute Gasteiger partial charge is 0.311 e. The molecule has 1 amide bonds. The Morgan fingerprint density at radius 3 is 2.62 bits per heavy atom. The summed E-state index contributed by atoms with van der Waals surface area (Å²) < 4.78 is 6.09. The van der Waals surface area contributed by atoms with Crippen LogP contribution < -0.4 is 10.1 Å². The lowest BCUT2D eigenvalue weighted by Crippen LogP contribution is -2.39. The van der Waals surface area contributed by atoms with Crippen LogP contribution in [0.15, 0.2) is 18.2 Å². The quantitative estimate of drug-likeness (QED) is 0.327. The molecule has 1 rings (SSSR count). The topological polar surface area (TPSA) is 81.5 Å². The van der Waals surface area contributed by atoms with Crippen LogP contribution in [-0.4, -0.2) is 27.9 Å². The number of benzene rings is 1. The molecule has 1 N–H and O–H groups in total. The number of ether oxygens (including phenoxy) is 1. The molecular formula is C14H19IN2O4. The summed E-state index contributed by atoms with van der Waals surface area (Å²) >= 11 is 2.21. The standard InChI is InChI=1S/C14H19IN2O4/c1-4-21-13-10(6-5-7-12(13)17(19)20)14(18)16-11(8-15)9(2)3/h5-7,9,11H,4,8H2,1-3H3,(H,16,18). The van der Waals surface area contributed by atoms with E-state index in [1.807, 2.05) is 13.8 Å². The molecule has 0 saturated carbocycles. The van der Waals surface area contributed by atoms with Gasteiger partial charge in [0.2, 0.25) is 5.75 Å². The Bertz CT molecular complexity index is 520. The van der Waals surface area contributed by atoms with E-state index in [-0.39, 0.29) is 41.5 Å². The average Bonchev–Trinajstić information content (AvgIpc) is 2.44. The van der Waals surface area contributed by atoms with Crippen molar-refractivity contribution in [2.75, 3.05) is 11.0 Å². The van der Waals surface area contributed by atoms with E-state index in [9.17, 15) is 14.9 Å². The Labute approximate surface area is 137 Å². The van der Waals surface area contributed by atoms with E-state index >= 15 is 0 Å². The molecule has 21 heavy (non-hydrogen) atoms. The SMILES string of the molecule is CCOc1c(C(=O)NC(CI)C(C)C)cccc1[N+](=O)[O-]. The summed E-state index contributed by atoms with van der Waals surface area (Å²) in [6.07, 6.45) is 0. The van der Waals surface area contributed by atoms with Crippen molar-refractivity contribution in [2.24, 2.45) is 5.92 Å². The number of hydrogen-bond donors (Lipinski definition) is 1. The van der Waals surface area contributed by atoms with E-state index in [0.717, 1.165) is 4.43 Å². The third-order valence-corrected chi connectivity index (χ3v) is 3.96. The molecule has 0 aromatic heterocycles. The van der Waals surface area contributed by atoms with Gasteiger partial charge >= 0.3 is 5.69 Å². The van der Waals surface area contributed by atoms with Gasteiger partial charge in [-0.25, -0.2) is 0 Å². The number of para-hydroxylation sites is 1. The molecule has 1 aromatic carbocycles. The molecule has 0 spiro atoms. The zero-order valence-electron chi connectivity index (χ0n) is 12.3. The normalized spacial score (nSPS) is 12.0. The minimum Gasteiger partial charge on any atom is -0.487 e. The van der Waals surface area contributed by atoms with Gasteiger partial charge in [0.15, 0.2) is 0 Å². The molecule has 116 valence electrons. The number of nitro benzene ring substituents is 1. The van der Waals surface area contributed by atoms with Crippen molar-refractivity contribution in [1.29, 1.82) is 0 Å². The molecule has 0 heterocycles. The van der Waals surface area contributed by atoms with E-state index in [2.05, 4.69) is 27.9 Å². The van der Waals surface area contributed by atoms with Crippen LogP contribution in [0, 0.1) is 16.0 Å². The predicted molar refractivity (Wildman–Crippen MR) is 89.2 cm³/mol. The van der Waals surface area contributed by atoms with Gasteiger partial charge in [-0.3, -0.25) is 14.9 Å². The molecule has 0 radical (unpaired) electrons. The average molecular weight is 406 g/mol. The first kappa shape index (κ1) is 17.7. The Morgan fingerprint density at radius 1 is 1.48 bits per heavy atom. The largest absolute Gasteiger partial charge is 0.487 e. The van der Waals surface area contributed by atoms with Gasteiger partial charge in [0.25, 0.3) is 5.91 Å². The molecule has 1 atom stereocenters. The van der Waals surface area contributed by atoms with Crippen molar-refractivity contribution in [3.8, 4) is 5.75 Å². The number of hydrogen-bond acceptors (Lipinski definition) is 4. The third-order valence-electron chi connectivity index (χ3n) is 3.01. The third kappa shape index (κ3) is 4.55. The van der Waals surface area contributed by atoms with Gasteiger partial charge in [-0.2, -0.15) is 0 Å². The second-order valence-corrected chi connectivity index (χ2v) is 5.70. The van der Waals surface area contributed by atoms with E-state index in [1.54, 1.807) is 6.92 Å². The molecule has 0 fully saturated rings. The first-order valence-electron chi connectivity index (χ1n) is 6.69. The Balaban J connectivity index is 3.14. The lowest BCUT2D eigenvalue weighted by Gasteiger charge is -2.20. The summed E-state index contributed by atoms with van der Waals surface area (Å²) in [6, 6.07) is 4.37. The molecule has 0 saturated heterocycles. The van der Waals surface area contributed by atoms with Crippen LogP contribution in [-0.2, 0) is 0 Å². The fourth-order valence-corrected chi connectivity index (χ4v) is 3.01. The summed E-state index contributed by atoms with van der Waals surface area (Å²) in [7, 11) is 0. The highest BCUT2D eigenvalue weighted by Crippen LogP contribution is 2.31. The number of carbonyl (C=O) groups is 1. The van der Waals surface area contributed by atoms with Crippen molar-refractivity contribution >= 4 is 34.2 Å². The number of rotatable bonds is 7. The number of halogens is 1. The van der Waals surface area contributed by atoms with E-state index in [0.29, 0.717) is 0 Å². The van der Waals surface area contributed by atoms with Crippen molar-refractivity contribution in [2.45, 2.75) is 26.8 Å². The number of carbonyl (C=O) groups excluding carboxylic acids is 1. The molecule has 0 bridgehead atoms. The van der Waals surface area contributed by atoms with E-state index < -0.39 is 4.92 Å². The van der Waals surface area contributed by atoms with Crippen LogP contribution in [0.2, 0.25) is 0 Å². The van der Waals surface area contributed by atoms with E-state index in [4.69, 9.17) is 4.74 Å². The van der Waals surface area contributed by atoms with Gasteiger partial charge in [-0.1, -0.05) is 42.5 Å². The van der Waals surface area contributed by atoms with Crippen LogP contribution in [0.1, 0.15) is 31.1 Å². The van der Waals surface area contributed by atoms with Crippen molar-refractivity contribution < 1.29 is 14.5 Å². The Hall–Kier alpha value is -1.38. The number of nitro groups is 1. The summed E-state index contributed by atoms with van der Waals surface area (Å²) in [6.45, 7) is 6.01. The van der Waals surface area contributed by atoms with Gasteiger partial charge in [-0.15, -0.1) is 0 Å². The summed E-state index contributed by atoms with van der Waals surface area (Å²) in [5.41, 5.74) is 0.00150. The zero-order valence-corrected chi connectivity index (χ0v) is 14.4. The highest BCUT2D eigenvalue weighted by molar-refractivity contribution is 14.1. The highest BCUT2D eigenvalue weighted by atomic mass is 127. The second-order valence-electron chi connectivity index (χ2n) is 4.82. The lowest BCUT2D eigenvalue weighted by molar-refractivity contribution is -0.385. The van der Waals surface area contributed by atoms with Crippen LogP contribution >= 0.6 is 22.6 Å². The van der Waals surface area contributed by atoms with Crippen molar-refractivity contribution in [3.05, 3.63) is 33.9 Å². The first-order chi connectivity index (χ1) is 9.92. The molecule has 0 aliphatic heterocycles. The van der Waals surface area contributed by atoms with E-state index in [1.165, 1.54) is 18.2 Å². The van der Waals surface area contributed by atoms with Crippen molar-refractivity contribution in [1.82, 2.24) is 5.32 Å². The maximum atomic E-state index is 12.4. The minimum absolute atomic E-state index is 0.00633.